The Morgan fingerprint density at radius 2 is 0.940 bits per heavy atom. The molecule has 4 aromatic carbocycles. The second-order valence-corrected chi connectivity index (χ2v) is 19.0. The van der Waals surface area contributed by atoms with Crippen LogP contribution in [0.3, 0.4) is 0 Å². The van der Waals surface area contributed by atoms with Crippen molar-refractivity contribution >= 4 is 39.5 Å². The zero-order valence-corrected chi connectivity index (χ0v) is 45.0. The van der Waals surface area contributed by atoms with Crippen LogP contribution in [0, 0.1) is 11.6 Å². The molecule has 0 radical (unpaired) electrons. The highest BCUT2D eigenvalue weighted by Gasteiger charge is 2.28. The maximum Gasteiger partial charge on any atom is 0.341 e. The highest BCUT2D eigenvalue weighted by molar-refractivity contribution is 5.98. The van der Waals surface area contributed by atoms with Crippen molar-refractivity contribution < 1.29 is 51.9 Å². The number of methoxy groups -OCH3 is 4. The summed E-state index contributed by atoms with van der Waals surface area (Å²) in [7, 11) is 6.26. The van der Waals surface area contributed by atoms with Gasteiger partial charge in [-0.3, -0.25) is 24.4 Å². The third-order valence-corrected chi connectivity index (χ3v) is 13.4. The molecule has 0 amide bonds. The summed E-state index contributed by atoms with van der Waals surface area (Å²) >= 11 is 0. The molecule has 22 heteroatoms. The van der Waals surface area contributed by atoms with Crippen LogP contribution in [-0.4, -0.2) is 84.3 Å². The number of ketones is 1. The van der Waals surface area contributed by atoms with Gasteiger partial charge in [-0.15, -0.1) is 0 Å². The number of halogens is 2. The quantitative estimate of drug-likeness (QED) is 0.0852. The molecule has 0 atom stereocenters. The van der Waals surface area contributed by atoms with Crippen LogP contribution in [0.1, 0.15) is 64.3 Å². The number of carboxylic acids is 1. The average Bonchev–Trinajstić information content (AvgIpc) is 4.62. The number of hydrogen-bond donors (Lipinski definition) is 2. The zero-order chi connectivity index (χ0) is 58.3. The number of Topliss-reactive ketones (excluding diaryl/α,β-unsaturated/α-hetero) is 1. The van der Waals surface area contributed by atoms with E-state index >= 15 is 0 Å². The maximum atomic E-state index is 13.5. The molecule has 20 nitrogen and oxygen atoms in total. The standard InChI is InChI=1S/C31H25FN4O5.C15H12FNO3.C15H14N4O3/c1-39-28-11-22-25(12-29(28)40-2)33-10-9-27(22)41-21-14-34-30(35-15-21)13-26(37)24-17-36(20-7-8-20)16-23(31(24)38)18-3-5-19(32)6-4-18;16-10-3-1-9(2-4-10)12-7-17(11-5-6-11)8-13(14(12)18)15(19)20;1-20-13-5-10-11(6-14(13)21-2)17-4-3-12(10)22-9-7-18-15(16)19-8-9/h3-6,9-12,14-17,20H,7-8,13H2,1-2H3;1-4,7-8,11H,5-6H2,(H,19,20);3-8H,1-2H3,(H2,16,18,19). The van der Waals surface area contributed by atoms with E-state index in [9.17, 15) is 28.0 Å². The number of rotatable bonds is 16. The number of carbonyl (C=O) groups is 2. The Morgan fingerprint density at radius 1 is 0.542 bits per heavy atom. The van der Waals surface area contributed by atoms with Gasteiger partial charge in [-0.05, 0) is 85.3 Å². The van der Waals surface area contributed by atoms with Crippen molar-refractivity contribution in [1.82, 2.24) is 39.0 Å². The Kier molecular flexibility index (Phi) is 16.4. The number of nitrogens with two attached hydrogens (primary N) is 1. The second-order valence-electron chi connectivity index (χ2n) is 19.0. The molecular weight excluding hydrogens is 1070 g/mol. The molecule has 6 heterocycles. The molecular formula is C61H51F2N9O11. The molecule has 6 aromatic heterocycles. The molecule has 0 saturated heterocycles. The Bertz CT molecular complexity index is 4160. The molecule has 2 saturated carbocycles. The zero-order valence-electron chi connectivity index (χ0n) is 45.0. The first kappa shape index (κ1) is 55.7. The summed E-state index contributed by atoms with van der Waals surface area (Å²) in [4.78, 5) is 75.1. The SMILES string of the molecule is COc1cc2nccc(Oc3cnc(CC(=O)c4cn(C5CC5)cc(-c5ccc(F)cc5)c4=O)nc3)c2cc1OC.COc1cc2nccc(Oc3cnc(N)nc3)c2cc1OC.O=C(O)c1cn(C2CC2)cc(-c2ccc(F)cc2)c1=O. The normalized spacial score (nSPS) is 12.5. The number of aromatic carboxylic acids is 1. The van der Waals surface area contributed by atoms with E-state index in [1.54, 1.807) is 94.3 Å². The third kappa shape index (κ3) is 12.9. The third-order valence-electron chi connectivity index (χ3n) is 13.4. The molecule has 2 fully saturated rings. The number of carbonyl (C=O) groups excluding carboxylic acids is 1. The fourth-order valence-corrected chi connectivity index (χ4v) is 8.82. The monoisotopic (exact) mass is 1120 g/mol. The number of anilines is 1. The van der Waals surface area contributed by atoms with Gasteiger partial charge in [-0.25, -0.2) is 33.5 Å². The smallest absolute Gasteiger partial charge is 0.341 e. The van der Waals surface area contributed by atoms with Gasteiger partial charge in [-0.1, -0.05) is 24.3 Å². The first-order valence-corrected chi connectivity index (χ1v) is 25.8. The van der Waals surface area contributed by atoms with Gasteiger partial charge in [0, 0.05) is 83.3 Å². The molecule has 12 rings (SSSR count). The van der Waals surface area contributed by atoms with Crippen LogP contribution in [-0.2, 0) is 6.42 Å². The van der Waals surface area contributed by atoms with Crippen LogP contribution in [0.5, 0.6) is 46.0 Å². The lowest BCUT2D eigenvalue weighted by Crippen LogP contribution is -2.21. The van der Waals surface area contributed by atoms with Gasteiger partial charge in [0.1, 0.15) is 34.5 Å². The molecule has 0 aliphatic heterocycles. The summed E-state index contributed by atoms with van der Waals surface area (Å²) in [6, 6.07) is 22.2. The van der Waals surface area contributed by atoms with E-state index in [2.05, 4.69) is 29.9 Å². The summed E-state index contributed by atoms with van der Waals surface area (Å²) in [6.07, 6.45) is 19.3. The number of nitrogens with zero attached hydrogens (tertiary/aromatic N) is 8. The molecule has 83 heavy (non-hydrogen) atoms. The van der Waals surface area contributed by atoms with Crippen molar-refractivity contribution in [3.8, 4) is 68.2 Å². The fraction of sp³-hybridized carbons (Fsp3) is 0.180. The molecule has 2 aliphatic rings. The van der Waals surface area contributed by atoms with E-state index in [4.69, 9.17) is 39.3 Å². The highest BCUT2D eigenvalue weighted by atomic mass is 19.1. The van der Waals surface area contributed by atoms with E-state index in [0.717, 1.165) is 36.6 Å². The van der Waals surface area contributed by atoms with Crippen LogP contribution < -0.4 is 45.0 Å². The van der Waals surface area contributed by atoms with Crippen LogP contribution in [0.15, 0.2) is 156 Å². The van der Waals surface area contributed by atoms with Gasteiger partial charge >= 0.3 is 5.97 Å². The van der Waals surface area contributed by atoms with Crippen molar-refractivity contribution in [2.75, 3.05) is 34.2 Å². The minimum absolute atomic E-state index is 0.0512. The number of aromatic nitrogens is 8. The summed E-state index contributed by atoms with van der Waals surface area (Å²) < 4.78 is 63.3. The summed E-state index contributed by atoms with van der Waals surface area (Å²) in [6.45, 7) is 0. The second kappa shape index (κ2) is 24.4. The Morgan fingerprint density at radius 3 is 1.35 bits per heavy atom. The van der Waals surface area contributed by atoms with Crippen LogP contribution in [0.2, 0.25) is 0 Å². The molecule has 3 N–H and O–H groups in total. The lowest BCUT2D eigenvalue weighted by molar-refractivity contribution is 0.0694. The van der Waals surface area contributed by atoms with Crippen molar-refractivity contribution in [1.29, 1.82) is 0 Å². The first-order chi connectivity index (χ1) is 40.2. The molecule has 2 aliphatic carbocycles. The predicted octanol–water partition coefficient (Wildman–Crippen LogP) is 10.7. The summed E-state index contributed by atoms with van der Waals surface area (Å²) in [5.74, 6) is 2.26. The van der Waals surface area contributed by atoms with Crippen LogP contribution >= 0.6 is 0 Å². The number of nitrogen functional groups attached to an aromatic ring is 1. The Hall–Kier alpha value is -10.6. The van der Waals surface area contributed by atoms with Gasteiger partial charge in [0.2, 0.25) is 11.4 Å². The van der Waals surface area contributed by atoms with Gasteiger partial charge < -0.3 is 48.4 Å². The topological polar surface area (TPSA) is 257 Å². The fourth-order valence-electron chi connectivity index (χ4n) is 8.82. The minimum atomic E-state index is -1.24. The van der Waals surface area contributed by atoms with E-state index in [1.807, 2.05) is 10.6 Å². The first-order valence-electron chi connectivity index (χ1n) is 25.8. The lowest BCUT2D eigenvalue weighted by atomic mass is 10.0. The van der Waals surface area contributed by atoms with Crippen LogP contribution in [0.25, 0.3) is 44.1 Å². The van der Waals surface area contributed by atoms with Gasteiger partial charge in [-0.2, -0.15) is 0 Å². The minimum Gasteiger partial charge on any atom is -0.493 e. The Balaban J connectivity index is 0.000000154. The van der Waals surface area contributed by atoms with Gasteiger partial charge in [0.15, 0.2) is 45.7 Å². The molecule has 420 valence electrons. The number of benzene rings is 4. The van der Waals surface area contributed by atoms with Crippen molar-refractivity contribution in [3.05, 3.63) is 196 Å². The maximum absolute atomic E-state index is 13.5. The number of carboxylic acid groups (broad SMARTS) is 1. The van der Waals surface area contributed by atoms with Crippen molar-refractivity contribution in [2.24, 2.45) is 0 Å². The molecule has 0 bridgehead atoms. The largest absolute Gasteiger partial charge is 0.493 e. The summed E-state index contributed by atoms with van der Waals surface area (Å²) in [5.41, 5.74) is 7.42. The van der Waals surface area contributed by atoms with E-state index in [-0.39, 0.29) is 47.0 Å². The van der Waals surface area contributed by atoms with E-state index < -0.39 is 34.2 Å². The number of fused-ring (bicyclic) bond motifs is 2. The average molecular weight is 1120 g/mol. The van der Waals surface area contributed by atoms with Crippen molar-refractivity contribution in [2.45, 2.75) is 44.2 Å². The predicted molar refractivity (Wildman–Crippen MR) is 302 cm³/mol. The molecule has 0 spiro atoms. The number of pyridine rings is 4. The summed E-state index contributed by atoms with van der Waals surface area (Å²) in [5, 5.41) is 10.6. The molecule has 10 aromatic rings. The number of hydrogen-bond acceptors (Lipinski definition) is 17. The molecule has 0 unspecified atom stereocenters. The van der Waals surface area contributed by atoms with Crippen molar-refractivity contribution in [3.63, 3.8) is 0 Å². The highest BCUT2D eigenvalue weighted by Crippen LogP contribution is 2.40. The van der Waals surface area contributed by atoms with Gasteiger partial charge in [0.05, 0.1) is 76.2 Å². The number of ether oxygens (including phenoxy) is 6. The lowest BCUT2D eigenvalue weighted by Gasteiger charge is -2.12. The van der Waals surface area contributed by atoms with E-state index in [1.165, 1.54) is 79.5 Å². The van der Waals surface area contributed by atoms with E-state index in [0.29, 0.717) is 73.6 Å². The Labute approximate surface area is 471 Å². The van der Waals surface area contributed by atoms with Gasteiger partial charge in [0.25, 0.3) is 0 Å². The van der Waals surface area contributed by atoms with Crippen LogP contribution in [0.4, 0.5) is 14.7 Å².